The third kappa shape index (κ3) is 38.1. The molecule has 0 radical (unpaired) electrons. The normalized spacial score (nSPS) is 12.4. The van der Waals surface area contributed by atoms with E-state index in [0.717, 1.165) is 49.0 Å². The molecule has 42 nitrogen and oxygen atoms in total. The minimum atomic E-state index is -1.37. The van der Waals surface area contributed by atoms with Crippen LogP contribution in [0.25, 0.3) is 32.3 Å². The van der Waals surface area contributed by atoms with Crippen molar-refractivity contribution >= 4 is 86.0 Å². The van der Waals surface area contributed by atoms with E-state index in [4.69, 9.17) is 37.9 Å². The van der Waals surface area contributed by atoms with E-state index in [1.165, 1.54) is 93.8 Å². The number of para-hydroxylation sites is 3. The molecule has 0 saturated heterocycles. The fraction of sp³-hybridized carbons (Fsp3) is 0.345. The van der Waals surface area contributed by atoms with Gasteiger partial charge in [0.1, 0.15) is 33.9 Å². The number of hydrogen-bond donors (Lipinski definition) is 0. The Morgan fingerprint density at radius 2 is 0.535 bits per heavy atom. The van der Waals surface area contributed by atoms with Crippen LogP contribution in [0.15, 0.2) is 182 Å². The molecule has 0 spiro atoms. The number of nitrogens with zero attached hydrogens (tertiary/aromatic N) is 6. The first-order valence-corrected chi connectivity index (χ1v) is 39.4. The van der Waals surface area contributed by atoms with Crippen LogP contribution in [0, 0.1) is 81.5 Å². The van der Waals surface area contributed by atoms with Crippen molar-refractivity contribution in [3.05, 3.63) is 293 Å². The minimum absolute atomic E-state index is 0.00769. The van der Waals surface area contributed by atoms with Gasteiger partial charge in [0.2, 0.25) is 37.7 Å². The molecule has 9 rings (SSSR count). The molecular formula is C87H96N6O36. The molecule has 9 atom stereocenters. The molecule has 0 saturated carbocycles. The van der Waals surface area contributed by atoms with Crippen molar-refractivity contribution in [2.24, 2.45) is 0 Å². The quantitative estimate of drug-likeness (QED) is 0.00878. The first-order chi connectivity index (χ1) is 60.9. The van der Waals surface area contributed by atoms with E-state index in [2.05, 4.69) is 52.0 Å². The van der Waals surface area contributed by atoms with Gasteiger partial charge >= 0.3 is 53.7 Å². The first kappa shape index (κ1) is 106. The molecule has 0 aliphatic carbocycles. The average Bonchev–Trinajstić information content (AvgIpc) is 0.824. The van der Waals surface area contributed by atoms with E-state index in [1.54, 1.807) is 71.9 Å². The maximum atomic E-state index is 12.3. The summed E-state index contributed by atoms with van der Waals surface area (Å²) in [6.45, 7) is 24.0. The molecule has 0 aliphatic rings. The van der Waals surface area contributed by atoms with E-state index in [1.807, 2.05) is 119 Å². The summed E-state index contributed by atoms with van der Waals surface area (Å²) in [6.07, 6.45) is -5.68. The van der Waals surface area contributed by atoms with Gasteiger partial charge in [-0.2, -0.15) is 0 Å². The van der Waals surface area contributed by atoms with E-state index < -0.39 is 140 Å². The van der Waals surface area contributed by atoms with Crippen molar-refractivity contribution in [3.8, 4) is 17.2 Å². The number of carbonyl (C=O) groups is 9. The highest BCUT2D eigenvalue weighted by Gasteiger charge is 2.29. The number of rotatable bonds is 36. The Hall–Kier alpha value is -15.8. The van der Waals surface area contributed by atoms with Crippen LogP contribution in [0.5, 0.6) is 17.2 Å². The Morgan fingerprint density at radius 3 is 0.829 bits per heavy atom. The van der Waals surface area contributed by atoms with Crippen molar-refractivity contribution in [1.29, 1.82) is 0 Å². The van der Waals surface area contributed by atoms with Crippen LogP contribution in [0.1, 0.15) is 204 Å². The summed E-state index contributed by atoms with van der Waals surface area (Å²) >= 11 is 0. The molecule has 0 fully saturated rings. The number of ether oxygens (including phenoxy) is 9. The monoisotopic (exact) mass is 1800 g/mol. The second kappa shape index (κ2) is 53.4. The Kier molecular flexibility index (Phi) is 43.7. The number of aryl methyl sites for hydroxylation is 3. The van der Waals surface area contributed by atoms with Crippen LogP contribution in [0.3, 0.4) is 0 Å². The second-order valence-corrected chi connectivity index (χ2v) is 27.5. The van der Waals surface area contributed by atoms with Gasteiger partial charge in [-0.05, 0) is 141 Å². The number of esters is 9. The zero-order valence-electron chi connectivity index (χ0n) is 72.6. The molecule has 0 heterocycles. The van der Waals surface area contributed by atoms with Gasteiger partial charge in [0.05, 0.1) is 17.8 Å². The Morgan fingerprint density at radius 1 is 0.295 bits per heavy atom. The summed E-state index contributed by atoms with van der Waals surface area (Å²) in [7, 11) is 0. The molecule has 9 aromatic rings. The molecule has 129 heavy (non-hydrogen) atoms. The highest BCUT2D eigenvalue weighted by atomic mass is 17.0. The summed E-state index contributed by atoms with van der Waals surface area (Å²) < 4.78 is 44.1. The van der Waals surface area contributed by atoms with Crippen LogP contribution >= 0.6 is 0 Å². The van der Waals surface area contributed by atoms with Crippen LogP contribution in [0.2, 0.25) is 0 Å². The largest absolute Gasteiger partial charge is 0.435 e. The van der Waals surface area contributed by atoms with Gasteiger partial charge in [-0.1, -0.05) is 203 Å². The van der Waals surface area contributed by atoms with Gasteiger partial charge in [0, 0.05) is 46.5 Å². The number of carbonyl (C=O) groups excluding carboxylic acids is 9. The van der Waals surface area contributed by atoms with E-state index in [9.17, 15) is 104 Å². The average molecular weight is 1800 g/mol. The van der Waals surface area contributed by atoms with E-state index in [-0.39, 0.29) is 59.6 Å². The zero-order chi connectivity index (χ0) is 96.3. The predicted molar refractivity (Wildman–Crippen MR) is 452 cm³/mol. The molecule has 6 unspecified atom stereocenters. The Balaban J connectivity index is 0.000000325. The summed E-state index contributed by atoms with van der Waals surface area (Å²) in [6, 6.07) is 53.1. The van der Waals surface area contributed by atoms with E-state index in [0.29, 0.717) is 12.8 Å². The number of benzene rings is 9. The smallest absolute Gasteiger partial charge is 0.344 e. The molecule has 9 aromatic carbocycles. The van der Waals surface area contributed by atoms with Gasteiger partial charge in [-0.3, -0.25) is 57.8 Å². The zero-order valence-corrected chi connectivity index (χ0v) is 72.6. The molecule has 0 aliphatic heterocycles. The first-order valence-electron chi connectivity index (χ1n) is 39.4. The van der Waals surface area contributed by atoms with Gasteiger partial charge in [-0.15, -0.1) is 60.7 Å². The Bertz CT molecular complexity index is 5420. The topological polar surface area (TPSA) is 551 Å². The number of hydrogen-bond acceptors (Lipinski definition) is 36. The third-order valence-electron chi connectivity index (χ3n) is 17.2. The van der Waals surface area contributed by atoms with Crippen LogP contribution in [-0.4, -0.2) is 122 Å². The molecule has 0 bridgehead atoms. The fourth-order valence-electron chi connectivity index (χ4n) is 11.1. The molecule has 0 aromatic heterocycles. The van der Waals surface area contributed by atoms with Crippen molar-refractivity contribution < 1.29 is 145 Å². The Labute approximate surface area is 736 Å². The lowest BCUT2D eigenvalue weighted by molar-refractivity contribution is -0.779. The standard InChI is InChI=1S/C18H21NO5.C17H19NO5.C16H17NO5.C13H15NO7.C12H13NO7.C11H11NO7/c1-4-5-17(24-19(21)22)23-18(20)13(3)14-8-9-15-10-12(2)6-7-16(15)11-14;1-4-16(23-18(20)21)22-17(19)12(3)13-7-8-14-9-11(2)5-6-15(14)10-13;1-10-4-5-15-9-13(6-7-14(15)8-10)11(2)16(18)21-12(3)22-17(19)20;1-3-6-12(21-14(17)18)20-13(16)10-7-4-5-8-11(10)19-9(2)15;1-3-11(20-13(16)17)19-12(15)9-6-4-5-7-10(9)18-8(2)14;1-7(13)17-10-6-4-3-5-9(10)11(14)18-8(2)19-12(15)16/h6-11,13,17H,4-5H2,1-3H3;5-10,12,16H,4H2,1-3H3;4-9,11-12H,1-3H3;4-5,7-8,12H,3,6H2,1-2H3;4-7,11H,3H2,1-2H3;3-6,8H,1-2H3/t13-,17?;12-,16?;11-,12?;;;/m000.../s1. The van der Waals surface area contributed by atoms with Crippen molar-refractivity contribution in [1.82, 2.24) is 0 Å². The highest BCUT2D eigenvalue weighted by Crippen LogP contribution is 2.30. The van der Waals surface area contributed by atoms with Crippen LogP contribution < -0.4 is 14.2 Å². The SMILES string of the molecule is CC(=O)Oc1ccccc1C(=O)OC(C)O[N+](=O)[O-].CCC(OC(=O)[C@@H](C)c1ccc2cc(C)ccc2c1)O[N+](=O)[O-].CCC(OC(=O)c1ccccc1OC(C)=O)O[N+](=O)[O-].CCCC(OC(=O)[C@@H](C)c1ccc2cc(C)ccc2c1)O[N+](=O)[O-].CCCC(OC(=O)c1ccccc1OC(C)=O)O[N+](=O)[O-].Cc1ccc2cc([C@H](C)C(=O)OC(C)O[N+](=O)[O-])ccc2c1. The summed E-state index contributed by atoms with van der Waals surface area (Å²) in [5.74, 6) is -7.67. The summed E-state index contributed by atoms with van der Waals surface area (Å²) in [5.41, 5.74) is 5.82. The van der Waals surface area contributed by atoms with Crippen molar-refractivity contribution in [2.75, 3.05) is 0 Å². The molecule has 0 amide bonds. The molecule has 0 N–H and O–H groups in total. The van der Waals surface area contributed by atoms with Gasteiger partial charge in [-0.25, -0.2) is 14.4 Å². The molecule has 690 valence electrons. The minimum Gasteiger partial charge on any atom is -0.435 e. The predicted octanol–water partition coefficient (Wildman–Crippen LogP) is 16.4. The lowest BCUT2D eigenvalue weighted by Crippen LogP contribution is -2.26. The van der Waals surface area contributed by atoms with Crippen molar-refractivity contribution in [3.63, 3.8) is 0 Å². The summed E-state index contributed by atoms with van der Waals surface area (Å²) in [4.78, 5) is 192. The second-order valence-electron chi connectivity index (χ2n) is 27.5. The van der Waals surface area contributed by atoms with Gasteiger partial charge in [0.15, 0.2) is 0 Å². The van der Waals surface area contributed by atoms with E-state index >= 15 is 0 Å². The van der Waals surface area contributed by atoms with Gasteiger partial charge < -0.3 is 42.6 Å². The maximum absolute atomic E-state index is 12.3. The van der Waals surface area contributed by atoms with Gasteiger partial charge in [0.25, 0.3) is 30.5 Å². The highest BCUT2D eigenvalue weighted by molar-refractivity contribution is 5.95. The molecular weight excluding hydrogens is 1700 g/mol. The molecule has 42 heteroatoms. The van der Waals surface area contributed by atoms with Crippen LogP contribution in [0.4, 0.5) is 0 Å². The maximum Gasteiger partial charge on any atom is 0.344 e. The lowest BCUT2D eigenvalue weighted by Gasteiger charge is -2.18. The fourth-order valence-corrected chi connectivity index (χ4v) is 11.1. The number of fused-ring (bicyclic) bond motifs is 3. The van der Waals surface area contributed by atoms with Crippen molar-refractivity contribution in [2.45, 2.75) is 198 Å². The summed E-state index contributed by atoms with van der Waals surface area (Å²) in [5, 5.41) is 62.0. The van der Waals surface area contributed by atoms with Crippen LogP contribution in [-0.2, 0) is 86.2 Å². The lowest BCUT2D eigenvalue weighted by atomic mass is 9.97. The third-order valence-corrected chi connectivity index (χ3v) is 17.2.